The summed E-state index contributed by atoms with van der Waals surface area (Å²) in [6.07, 6.45) is 7.59. The van der Waals surface area contributed by atoms with Gasteiger partial charge in [0.1, 0.15) is 0 Å². The van der Waals surface area contributed by atoms with E-state index in [1.807, 2.05) is 24.3 Å². The van der Waals surface area contributed by atoms with Crippen LogP contribution in [0.15, 0.2) is 29.3 Å². The molecule has 1 aromatic rings. The van der Waals surface area contributed by atoms with Crippen LogP contribution in [0, 0.1) is 5.92 Å². The van der Waals surface area contributed by atoms with Crippen molar-refractivity contribution in [3.63, 3.8) is 0 Å². The SMILES string of the molecule is CN=C(NCCCCCCC(C)C)NCc1ccc(CS(C)(=O)=O)cc1. The molecule has 0 bridgehead atoms. The summed E-state index contributed by atoms with van der Waals surface area (Å²) in [7, 11) is -1.22. The molecule has 0 atom stereocenters. The van der Waals surface area contributed by atoms with Gasteiger partial charge in [0.2, 0.25) is 0 Å². The highest BCUT2D eigenvalue weighted by Crippen LogP contribution is 2.09. The van der Waals surface area contributed by atoms with E-state index in [2.05, 4.69) is 29.5 Å². The molecule has 0 amide bonds. The Bertz CT molecular complexity index is 638. The highest BCUT2D eigenvalue weighted by Gasteiger charge is 2.04. The molecule has 2 N–H and O–H groups in total. The van der Waals surface area contributed by atoms with Crippen molar-refractivity contribution in [1.82, 2.24) is 10.6 Å². The summed E-state index contributed by atoms with van der Waals surface area (Å²) in [5, 5.41) is 6.63. The minimum Gasteiger partial charge on any atom is -0.356 e. The van der Waals surface area contributed by atoms with Crippen LogP contribution in [0.4, 0.5) is 0 Å². The fourth-order valence-electron chi connectivity index (χ4n) is 2.70. The molecule has 0 aliphatic heterocycles. The topological polar surface area (TPSA) is 70.6 Å². The van der Waals surface area contributed by atoms with Gasteiger partial charge in [0, 0.05) is 26.4 Å². The van der Waals surface area contributed by atoms with E-state index in [0.717, 1.165) is 36.0 Å². The van der Waals surface area contributed by atoms with Crippen LogP contribution in [0.5, 0.6) is 0 Å². The lowest BCUT2D eigenvalue weighted by Crippen LogP contribution is -2.37. The maximum absolute atomic E-state index is 11.3. The van der Waals surface area contributed by atoms with Gasteiger partial charge in [-0.2, -0.15) is 0 Å². The van der Waals surface area contributed by atoms with Crippen LogP contribution in [0.2, 0.25) is 0 Å². The Morgan fingerprint density at radius 2 is 1.62 bits per heavy atom. The number of unbranched alkanes of at least 4 members (excludes halogenated alkanes) is 3. The Morgan fingerprint density at radius 3 is 2.19 bits per heavy atom. The number of nitrogens with one attached hydrogen (secondary N) is 2. The first kappa shape index (κ1) is 22.5. The summed E-state index contributed by atoms with van der Waals surface area (Å²) < 4.78 is 22.6. The molecule has 0 aliphatic rings. The summed E-state index contributed by atoms with van der Waals surface area (Å²) in [6.45, 7) is 6.13. The van der Waals surface area contributed by atoms with Crippen molar-refractivity contribution in [2.24, 2.45) is 10.9 Å². The summed E-state index contributed by atoms with van der Waals surface area (Å²) in [4.78, 5) is 4.24. The van der Waals surface area contributed by atoms with Crippen LogP contribution in [0.3, 0.4) is 0 Å². The lowest BCUT2D eigenvalue weighted by atomic mass is 10.0. The second kappa shape index (κ2) is 11.9. The molecule has 0 spiro atoms. The third kappa shape index (κ3) is 11.1. The molecule has 5 nitrogen and oxygen atoms in total. The van der Waals surface area contributed by atoms with E-state index in [1.165, 1.54) is 31.9 Å². The number of guanidine groups is 1. The maximum Gasteiger partial charge on any atom is 0.191 e. The Balaban J connectivity index is 2.25. The molecule has 26 heavy (non-hydrogen) atoms. The predicted molar refractivity (Wildman–Crippen MR) is 111 cm³/mol. The van der Waals surface area contributed by atoms with E-state index in [0.29, 0.717) is 6.54 Å². The van der Waals surface area contributed by atoms with E-state index in [9.17, 15) is 8.42 Å². The van der Waals surface area contributed by atoms with Crippen molar-refractivity contribution in [2.75, 3.05) is 19.8 Å². The van der Waals surface area contributed by atoms with Crippen molar-refractivity contribution in [3.05, 3.63) is 35.4 Å². The largest absolute Gasteiger partial charge is 0.356 e. The van der Waals surface area contributed by atoms with E-state index in [1.54, 1.807) is 7.05 Å². The molecular formula is C20H35N3O2S. The Kier molecular flexibility index (Phi) is 10.3. The molecule has 1 rings (SSSR count). The molecule has 1 aromatic carbocycles. The quantitative estimate of drug-likeness (QED) is 0.350. The third-order valence-electron chi connectivity index (χ3n) is 4.14. The molecule has 0 unspecified atom stereocenters. The van der Waals surface area contributed by atoms with Crippen molar-refractivity contribution < 1.29 is 8.42 Å². The minimum absolute atomic E-state index is 0.0844. The van der Waals surface area contributed by atoms with Gasteiger partial charge in [0.05, 0.1) is 5.75 Å². The lowest BCUT2D eigenvalue weighted by Gasteiger charge is -2.12. The number of nitrogens with zero attached hydrogens (tertiary/aromatic N) is 1. The number of hydrogen-bond donors (Lipinski definition) is 2. The van der Waals surface area contributed by atoms with Gasteiger partial charge in [-0.3, -0.25) is 4.99 Å². The molecular weight excluding hydrogens is 346 g/mol. The van der Waals surface area contributed by atoms with Crippen molar-refractivity contribution in [1.29, 1.82) is 0 Å². The third-order valence-corrected chi connectivity index (χ3v) is 4.99. The van der Waals surface area contributed by atoms with E-state index >= 15 is 0 Å². The Hall–Kier alpha value is -1.56. The maximum atomic E-state index is 11.3. The van der Waals surface area contributed by atoms with Gasteiger partial charge in [-0.25, -0.2) is 8.42 Å². The number of benzene rings is 1. The van der Waals surface area contributed by atoms with E-state index in [4.69, 9.17) is 0 Å². The molecule has 0 radical (unpaired) electrons. The van der Waals surface area contributed by atoms with Crippen LogP contribution in [0.1, 0.15) is 57.1 Å². The first-order valence-electron chi connectivity index (χ1n) is 9.50. The first-order valence-corrected chi connectivity index (χ1v) is 11.6. The Labute approximate surface area is 159 Å². The summed E-state index contributed by atoms with van der Waals surface area (Å²) in [6, 6.07) is 7.64. The average Bonchev–Trinajstić information content (AvgIpc) is 2.56. The van der Waals surface area contributed by atoms with Crippen LogP contribution < -0.4 is 10.6 Å². The van der Waals surface area contributed by atoms with Crippen LogP contribution in [0.25, 0.3) is 0 Å². The van der Waals surface area contributed by atoms with Crippen LogP contribution in [-0.2, 0) is 22.1 Å². The number of sulfone groups is 1. The number of aliphatic imine (C=N–C) groups is 1. The standard InChI is InChI=1S/C20H35N3O2S/c1-17(2)9-7-5-6-8-14-22-20(21-3)23-15-18-10-12-19(13-11-18)16-26(4,24)25/h10-13,17H,5-9,14-16H2,1-4H3,(H2,21,22,23). The minimum atomic E-state index is -2.99. The molecule has 6 heteroatoms. The van der Waals surface area contributed by atoms with Gasteiger partial charge in [-0.15, -0.1) is 0 Å². The fraction of sp³-hybridized carbons (Fsp3) is 0.650. The monoisotopic (exact) mass is 381 g/mol. The van der Waals surface area contributed by atoms with Gasteiger partial charge < -0.3 is 10.6 Å². The highest BCUT2D eigenvalue weighted by atomic mass is 32.2. The Morgan fingerprint density at radius 1 is 1.00 bits per heavy atom. The van der Waals surface area contributed by atoms with Gasteiger partial charge in [0.15, 0.2) is 15.8 Å². The number of rotatable bonds is 11. The molecule has 0 heterocycles. The summed E-state index contributed by atoms with van der Waals surface area (Å²) in [5.41, 5.74) is 1.91. The zero-order valence-electron chi connectivity index (χ0n) is 16.7. The van der Waals surface area contributed by atoms with E-state index in [-0.39, 0.29) is 5.75 Å². The second-order valence-corrected chi connectivity index (χ2v) is 9.48. The van der Waals surface area contributed by atoms with Crippen molar-refractivity contribution in [2.45, 2.75) is 58.2 Å². The number of hydrogen-bond acceptors (Lipinski definition) is 3. The zero-order valence-corrected chi connectivity index (χ0v) is 17.5. The summed E-state index contributed by atoms with van der Waals surface area (Å²) >= 11 is 0. The molecule has 0 aromatic heterocycles. The average molecular weight is 382 g/mol. The van der Waals surface area contributed by atoms with Crippen molar-refractivity contribution in [3.8, 4) is 0 Å². The van der Waals surface area contributed by atoms with Crippen LogP contribution >= 0.6 is 0 Å². The molecule has 148 valence electrons. The first-order chi connectivity index (χ1) is 12.3. The predicted octanol–water partition coefficient (Wildman–Crippen LogP) is 3.50. The summed E-state index contributed by atoms with van der Waals surface area (Å²) in [5.74, 6) is 1.69. The normalized spacial score (nSPS) is 12.4. The lowest BCUT2D eigenvalue weighted by molar-refractivity contribution is 0.518. The van der Waals surface area contributed by atoms with Gasteiger partial charge >= 0.3 is 0 Å². The van der Waals surface area contributed by atoms with Gasteiger partial charge in [0.25, 0.3) is 0 Å². The van der Waals surface area contributed by atoms with Gasteiger partial charge in [-0.1, -0.05) is 63.8 Å². The highest BCUT2D eigenvalue weighted by molar-refractivity contribution is 7.89. The zero-order chi connectivity index (χ0) is 19.4. The van der Waals surface area contributed by atoms with Crippen LogP contribution in [-0.4, -0.2) is 34.2 Å². The van der Waals surface area contributed by atoms with E-state index < -0.39 is 9.84 Å². The van der Waals surface area contributed by atoms with Gasteiger partial charge in [-0.05, 0) is 23.5 Å². The van der Waals surface area contributed by atoms with Crippen molar-refractivity contribution >= 4 is 15.8 Å². The molecule has 0 saturated heterocycles. The molecule has 0 aliphatic carbocycles. The fourth-order valence-corrected chi connectivity index (χ4v) is 3.50. The second-order valence-electron chi connectivity index (χ2n) is 7.34. The molecule has 0 fully saturated rings. The molecule has 0 saturated carbocycles. The smallest absolute Gasteiger partial charge is 0.191 e.